The van der Waals surface area contributed by atoms with Gasteiger partial charge in [0.15, 0.2) is 0 Å². The fraction of sp³-hybridized carbons (Fsp3) is 0.217. The van der Waals surface area contributed by atoms with Gasteiger partial charge in [0.25, 0.3) is 0 Å². The van der Waals surface area contributed by atoms with Crippen LogP contribution in [0, 0.1) is 13.8 Å². The average molecular weight is 480 g/mol. The molecule has 0 aliphatic carbocycles. The van der Waals surface area contributed by atoms with Crippen molar-refractivity contribution in [3.05, 3.63) is 86.6 Å². The number of nitrogens with zero attached hydrogens (tertiary/aromatic N) is 4. The number of carbonyl (C=O) groups is 1. The average Bonchev–Trinajstić information content (AvgIpc) is 3.16. The number of halogens is 1. The maximum atomic E-state index is 12.9. The smallest absolute Gasteiger partial charge is 0.300 e. The van der Waals surface area contributed by atoms with Gasteiger partial charge in [0.05, 0.1) is 0 Å². The number of hydrogen-bond donors (Lipinski definition) is 1. The van der Waals surface area contributed by atoms with Crippen LogP contribution in [0.5, 0.6) is 0 Å². The SMILES string of the molecule is Cc1ccc(-n2ccn3c(CCCC(=O)Nc4ccc(Br)cc4)nnc3c2=O)cc1C. The Morgan fingerprint density at radius 3 is 2.55 bits per heavy atom. The highest BCUT2D eigenvalue weighted by Crippen LogP contribution is 2.15. The predicted molar refractivity (Wildman–Crippen MR) is 124 cm³/mol. The molecular weight excluding hydrogens is 458 g/mol. The third-order valence-electron chi connectivity index (χ3n) is 5.24. The first kappa shape index (κ1) is 21.0. The zero-order valence-corrected chi connectivity index (χ0v) is 18.9. The van der Waals surface area contributed by atoms with Crippen LogP contribution < -0.4 is 10.9 Å². The summed E-state index contributed by atoms with van der Waals surface area (Å²) < 4.78 is 4.24. The molecule has 2 aromatic carbocycles. The van der Waals surface area contributed by atoms with Crippen LogP contribution in [0.25, 0.3) is 11.3 Å². The molecule has 0 atom stereocenters. The summed E-state index contributed by atoms with van der Waals surface area (Å²) in [4.78, 5) is 25.1. The van der Waals surface area contributed by atoms with Gasteiger partial charge in [-0.25, -0.2) is 0 Å². The number of anilines is 1. The molecule has 0 unspecified atom stereocenters. The maximum Gasteiger partial charge on any atom is 0.300 e. The molecule has 0 saturated heterocycles. The molecule has 0 radical (unpaired) electrons. The van der Waals surface area contributed by atoms with Crippen molar-refractivity contribution in [1.82, 2.24) is 19.2 Å². The lowest BCUT2D eigenvalue weighted by Crippen LogP contribution is -2.20. The van der Waals surface area contributed by atoms with E-state index in [-0.39, 0.29) is 17.1 Å². The minimum atomic E-state index is -0.225. The van der Waals surface area contributed by atoms with E-state index in [1.54, 1.807) is 21.4 Å². The zero-order chi connectivity index (χ0) is 22.0. The van der Waals surface area contributed by atoms with Crippen LogP contribution in [-0.2, 0) is 11.2 Å². The van der Waals surface area contributed by atoms with Crippen molar-refractivity contribution in [3.63, 3.8) is 0 Å². The highest BCUT2D eigenvalue weighted by Gasteiger charge is 2.12. The lowest BCUT2D eigenvalue weighted by Gasteiger charge is -2.09. The Bertz CT molecular complexity index is 1310. The van der Waals surface area contributed by atoms with E-state index in [9.17, 15) is 9.59 Å². The normalized spacial score (nSPS) is 11.1. The Kier molecular flexibility index (Phi) is 5.99. The van der Waals surface area contributed by atoms with Gasteiger partial charge >= 0.3 is 5.56 Å². The van der Waals surface area contributed by atoms with Gasteiger partial charge in [-0.3, -0.25) is 18.6 Å². The van der Waals surface area contributed by atoms with Crippen LogP contribution in [0.4, 0.5) is 5.69 Å². The van der Waals surface area contributed by atoms with Crippen molar-refractivity contribution in [3.8, 4) is 5.69 Å². The molecule has 7 nitrogen and oxygen atoms in total. The quantitative estimate of drug-likeness (QED) is 0.448. The van der Waals surface area contributed by atoms with E-state index in [0.29, 0.717) is 25.1 Å². The lowest BCUT2D eigenvalue weighted by molar-refractivity contribution is -0.116. The second-order valence-corrected chi connectivity index (χ2v) is 8.38. The summed E-state index contributed by atoms with van der Waals surface area (Å²) in [6.07, 6.45) is 5.02. The van der Waals surface area contributed by atoms with Crippen LogP contribution in [0.15, 0.2) is 64.1 Å². The molecule has 0 aliphatic rings. The van der Waals surface area contributed by atoms with Gasteiger partial charge in [-0.2, -0.15) is 0 Å². The number of fused-ring (bicyclic) bond motifs is 1. The first-order valence-corrected chi connectivity index (χ1v) is 10.8. The largest absolute Gasteiger partial charge is 0.326 e. The summed E-state index contributed by atoms with van der Waals surface area (Å²) in [5, 5.41) is 11.1. The molecule has 31 heavy (non-hydrogen) atoms. The summed E-state index contributed by atoms with van der Waals surface area (Å²) in [5.74, 6) is 0.601. The molecule has 0 bridgehead atoms. The summed E-state index contributed by atoms with van der Waals surface area (Å²) in [6.45, 7) is 4.06. The summed E-state index contributed by atoms with van der Waals surface area (Å²) >= 11 is 3.37. The molecular formula is C23H22BrN5O2. The predicted octanol–water partition coefficient (Wildman–Crippen LogP) is 4.22. The van der Waals surface area contributed by atoms with Crippen LogP contribution in [0.1, 0.15) is 29.8 Å². The Hall–Kier alpha value is -3.26. The first-order valence-electron chi connectivity index (χ1n) is 10.0. The van der Waals surface area contributed by atoms with E-state index in [0.717, 1.165) is 21.4 Å². The molecule has 8 heteroatoms. The molecule has 4 aromatic rings. The van der Waals surface area contributed by atoms with Crippen LogP contribution >= 0.6 is 15.9 Å². The van der Waals surface area contributed by atoms with Crippen molar-refractivity contribution >= 4 is 33.2 Å². The molecule has 1 N–H and O–H groups in total. The fourth-order valence-corrected chi connectivity index (χ4v) is 3.61. The minimum Gasteiger partial charge on any atom is -0.326 e. The number of nitrogens with one attached hydrogen (secondary N) is 1. The van der Waals surface area contributed by atoms with E-state index >= 15 is 0 Å². The molecule has 0 aliphatic heterocycles. The number of aryl methyl sites for hydroxylation is 3. The van der Waals surface area contributed by atoms with Crippen molar-refractivity contribution in [2.24, 2.45) is 0 Å². The van der Waals surface area contributed by atoms with Crippen LogP contribution in [0.3, 0.4) is 0 Å². The molecule has 0 saturated carbocycles. The first-order chi connectivity index (χ1) is 14.9. The van der Waals surface area contributed by atoms with E-state index in [4.69, 9.17) is 0 Å². The molecule has 1 amide bonds. The van der Waals surface area contributed by atoms with Gasteiger partial charge in [0.2, 0.25) is 11.6 Å². The number of amides is 1. The van der Waals surface area contributed by atoms with Crippen molar-refractivity contribution in [2.75, 3.05) is 5.32 Å². The third kappa shape index (κ3) is 4.59. The molecule has 0 fully saturated rings. The number of rotatable bonds is 6. The number of aromatic nitrogens is 4. The Labute approximate surface area is 187 Å². The van der Waals surface area contributed by atoms with Gasteiger partial charge < -0.3 is 5.32 Å². The molecule has 0 spiro atoms. The number of carbonyl (C=O) groups excluding carboxylic acids is 1. The standard InChI is InChI=1S/C23H22BrN5O2/c1-15-6-11-19(14-16(15)2)28-12-13-29-20(26-27-22(29)23(28)31)4-3-5-21(30)25-18-9-7-17(24)8-10-18/h6-14H,3-5H2,1-2H3,(H,25,30). The van der Waals surface area contributed by atoms with E-state index < -0.39 is 0 Å². The van der Waals surface area contributed by atoms with Gasteiger partial charge in [-0.1, -0.05) is 22.0 Å². The van der Waals surface area contributed by atoms with Crippen molar-refractivity contribution in [1.29, 1.82) is 0 Å². The monoisotopic (exact) mass is 479 g/mol. The topological polar surface area (TPSA) is 81.3 Å². The summed E-state index contributed by atoms with van der Waals surface area (Å²) in [7, 11) is 0. The van der Waals surface area contributed by atoms with E-state index in [2.05, 4.69) is 31.4 Å². The number of benzene rings is 2. The molecule has 2 aromatic heterocycles. The van der Waals surface area contributed by atoms with E-state index in [1.807, 2.05) is 56.3 Å². The van der Waals surface area contributed by atoms with E-state index in [1.165, 1.54) is 5.56 Å². The minimum absolute atomic E-state index is 0.0618. The van der Waals surface area contributed by atoms with Gasteiger partial charge in [0.1, 0.15) is 5.82 Å². The Morgan fingerprint density at radius 2 is 1.81 bits per heavy atom. The van der Waals surface area contributed by atoms with Gasteiger partial charge in [-0.15, -0.1) is 10.2 Å². The zero-order valence-electron chi connectivity index (χ0n) is 17.3. The van der Waals surface area contributed by atoms with Crippen LogP contribution in [-0.4, -0.2) is 25.1 Å². The van der Waals surface area contributed by atoms with Gasteiger partial charge in [-0.05, 0) is 67.8 Å². The highest BCUT2D eigenvalue weighted by atomic mass is 79.9. The second kappa shape index (κ2) is 8.85. The van der Waals surface area contributed by atoms with Gasteiger partial charge in [0, 0.05) is 41.1 Å². The lowest BCUT2D eigenvalue weighted by atomic mass is 10.1. The Balaban J connectivity index is 1.45. The van der Waals surface area contributed by atoms with Crippen LogP contribution in [0.2, 0.25) is 0 Å². The fourth-order valence-electron chi connectivity index (χ4n) is 3.35. The van der Waals surface area contributed by atoms with Crippen molar-refractivity contribution < 1.29 is 4.79 Å². The highest BCUT2D eigenvalue weighted by molar-refractivity contribution is 9.10. The number of hydrogen-bond acceptors (Lipinski definition) is 4. The summed E-state index contributed by atoms with van der Waals surface area (Å²) in [6, 6.07) is 13.3. The summed E-state index contributed by atoms with van der Waals surface area (Å²) in [5.41, 5.74) is 3.89. The van der Waals surface area contributed by atoms with Crippen molar-refractivity contribution in [2.45, 2.75) is 33.1 Å². The maximum absolute atomic E-state index is 12.9. The third-order valence-corrected chi connectivity index (χ3v) is 5.77. The molecule has 2 heterocycles. The Morgan fingerprint density at radius 1 is 1.03 bits per heavy atom. The molecule has 158 valence electrons. The second-order valence-electron chi connectivity index (χ2n) is 7.46. The molecule has 4 rings (SSSR count).